The van der Waals surface area contributed by atoms with E-state index in [1.165, 1.54) is 19.1 Å². The molecule has 1 aromatic rings. The van der Waals surface area contributed by atoms with Crippen molar-refractivity contribution in [2.45, 2.75) is 6.92 Å². The number of hydrogen-bond acceptors (Lipinski definition) is 3. The van der Waals surface area contributed by atoms with Crippen molar-refractivity contribution in [3.63, 3.8) is 0 Å². The van der Waals surface area contributed by atoms with Crippen LogP contribution < -0.4 is 0 Å². The third-order valence-electron chi connectivity index (χ3n) is 0.882. The summed E-state index contributed by atoms with van der Waals surface area (Å²) in [7, 11) is 0. The molecule has 0 heterocycles. The Balaban J connectivity index is 0.000000292. The quantitative estimate of drug-likeness (QED) is 0.437. The number of carbonyl (C=O) groups excluding carboxylic acids is 1. The van der Waals surface area contributed by atoms with E-state index in [0.717, 1.165) is 6.29 Å². The standard InChI is InChI=1S/C6H6O2.C2H4O/c7-5-3-1-2-4-6(5)8;1-2-3/h1-4,7-8H;2H,1H3. The van der Waals surface area contributed by atoms with Crippen molar-refractivity contribution < 1.29 is 15.0 Å². The number of phenols is 2. The maximum atomic E-state index is 8.81. The van der Waals surface area contributed by atoms with E-state index in [1.807, 2.05) is 0 Å². The van der Waals surface area contributed by atoms with Crippen molar-refractivity contribution in [3.8, 4) is 11.5 Å². The molecule has 2 N–H and O–H groups in total. The summed E-state index contributed by atoms with van der Waals surface area (Å²) in [5.41, 5.74) is 0. The molecular weight excluding hydrogens is 144 g/mol. The summed E-state index contributed by atoms with van der Waals surface area (Å²) < 4.78 is 0. The molecule has 0 unspecified atom stereocenters. The van der Waals surface area contributed by atoms with Gasteiger partial charge in [0.25, 0.3) is 0 Å². The van der Waals surface area contributed by atoms with Gasteiger partial charge in [0.1, 0.15) is 6.29 Å². The highest BCUT2D eigenvalue weighted by atomic mass is 16.3. The van der Waals surface area contributed by atoms with Crippen molar-refractivity contribution in [2.75, 3.05) is 0 Å². The molecule has 0 radical (unpaired) electrons. The Bertz CT molecular complexity index is 199. The molecule has 0 atom stereocenters. The summed E-state index contributed by atoms with van der Waals surface area (Å²) in [4.78, 5) is 8.81. The molecule has 11 heavy (non-hydrogen) atoms. The van der Waals surface area contributed by atoms with Gasteiger partial charge >= 0.3 is 0 Å². The van der Waals surface area contributed by atoms with Crippen LogP contribution in [0.5, 0.6) is 11.5 Å². The van der Waals surface area contributed by atoms with Crippen molar-refractivity contribution in [1.82, 2.24) is 0 Å². The molecule has 0 aliphatic carbocycles. The van der Waals surface area contributed by atoms with Crippen LogP contribution in [0, 0.1) is 0 Å². The predicted molar refractivity (Wildman–Crippen MR) is 41.5 cm³/mol. The lowest BCUT2D eigenvalue weighted by Gasteiger charge is -1.91. The molecule has 1 rings (SSSR count). The Kier molecular flexibility index (Phi) is 4.56. The van der Waals surface area contributed by atoms with Crippen molar-refractivity contribution in [3.05, 3.63) is 24.3 Å². The molecule has 1 aromatic carbocycles. The van der Waals surface area contributed by atoms with Gasteiger partial charge in [-0.1, -0.05) is 12.1 Å². The molecule has 0 aliphatic rings. The molecule has 60 valence electrons. The van der Waals surface area contributed by atoms with Gasteiger partial charge in [0.2, 0.25) is 0 Å². The lowest BCUT2D eigenvalue weighted by Crippen LogP contribution is -1.63. The molecule has 0 saturated carbocycles. The SMILES string of the molecule is CC=O.Oc1ccccc1O. The van der Waals surface area contributed by atoms with Crippen LogP contribution in [0.3, 0.4) is 0 Å². The van der Waals surface area contributed by atoms with Gasteiger partial charge in [-0.05, 0) is 19.1 Å². The van der Waals surface area contributed by atoms with Crippen molar-refractivity contribution in [1.29, 1.82) is 0 Å². The first-order chi connectivity index (χ1) is 5.22. The molecule has 3 nitrogen and oxygen atoms in total. The van der Waals surface area contributed by atoms with Crippen LogP contribution in [0.15, 0.2) is 24.3 Å². The van der Waals surface area contributed by atoms with Crippen molar-refractivity contribution >= 4 is 6.29 Å². The maximum absolute atomic E-state index is 8.81. The largest absolute Gasteiger partial charge is 0.504 e. The van der Waals surface area contributed by atoms with E-state index in [-0.39, 0.29) is 11.5 Å². The number of carbonyl (C=O) groups is 1. The minimum atomic E-state index is -0.0764. The molecule has 0 spiro atoms. The lowest BCUT2D eigenvalue weighted by atomic mass is 10.3. The fourth-order valence-electron chi connectivity index (χ4n) is 0.464. The van der Waals surface area contributed by atoms with E-state index in [0.29, 0.717) is 0 Å². The van der Waals surface area contributed by atoms with Crippen LogP contribution in [0.25, 0.3) is 0 Å². The average Bonchev–Trinajstić information content (AvgIpc) is 1.97. The molecule has 0 fully saturated rings. The van der Waals surface area contributed by atoms with E-state index in [2.05, 4.69) is 0 Å². The first-order valence-corrected chi connectivity index (χ1v) is 3.09. The summed E-state index contributed by atoms with van der Waals surface area (Å²) >= 11 is 0. The first-order valence-electron chi connectivity index (χ1n) is 3.09. The van der Waals surface area contributed by atoms with Gasteiger partial charge in [-0.25, -0.2) is 0 Å². The third kappa shape index (κ3) is 3.97. The third-order valence-corrected chi connectivity index (χ3v) is 0.882. The number of hydrogen-bond donors (Lipinski definition) is 2. The second-order valence-corrected chi connectivity index (χ2v) is 1.72. The van der Waals surface area contributed by atoms with E-state index in [4.69, 9.17) is 15.0 Å². The van der Waals surface area contributed by atoms with Crippen LogP contribution in [-0.2, 0) is 4.79 Å². The van der Waals surface area contributed by atoms with Gasteiger partial charge in [-0.3, -0.25) is 0 Å². The lowest BCUT2D eigenvalue weighted by molar-refractivity contribution is -0.106. The summed E-state index contributed by atoms with van der Waals surface area (Å²) in [6, 6.07) is 6.15. The smallest absolute Gasteiger partial charge is 0.157 e. The van der Waals surface area contributed by atoms with Gasteiger partial charge < -0.3 is 15.0 Å². The number of aldehydes is 1. The number of aromatic hydroxyl groups is 2. The Morgan fingerprint density at radius 2 is 1.45 bits per heavy atom. The number of phenolic OH excluding ortho intramolecular Hbond substituents is 2. The van der Waals surface area contributed by atoms with Crippen molar-refractivity contribution in [2.24, 2.45) is 0 Å². The summed E-state index contributed by atoms with van der Waals surface area (Å²) in [6.07, 6.45) is 0.750. The highest BCUT2D eigenvalue weighted by molar-refractivity contribution is 5.44. The van der Waals surface area contributed by atoms with Crippen LogP contribution in [0.1, 0.15) is 6.92 Å². The Morgan fingerprint density at radius 1 is 1.18 bits per heavy atom. The van der Waals surface area contributed by atoms with Gasteiger partial charge in [0.15, 0.2) is 11.5 Å². The van der Waals surface area contributed by atoms with E-state index in [9.17, 15) is 0 Å². The summed E-state index contributed by atoms with van der Waals surface area (Å²) in [5, 5.41) is 17.3. The zero-order chi connectivity index (χ0) is 8.69. The predicted octanol–water partition coefficient (Wildman–Crippen LogP) is 1.30. The molecule has 0 bridgehead atoms. The molecule has 0 amide bonds. The topological polar surface area (TPSA) is 57.5 Å². The second-order valence-electron chi connectivity index (χ2n) is 1.72. The minimum Gasteiger partial charge on any atom is -0.504 e. The molecular formula is C8H10O3. The Morgan fingerprint density at radius 3 is 1.64 bits per heavy atom. The van der Waals surface area contributed by atoms with Gasteiger partial charge in [0, 0.05) is 0 Å². The normalized spacial score (nSPS) is 7.73. The summed E-state index contributed by atoms with van der Waals surface area (Å²) in [6.45, 7) is 1.44. The number of para-hydroxylation sites is 2. The van der Waals surface area contributed by atoms with Crippen LogP contribution >= 0.6 is 0 Å². The van der Waals surface area contributed by atoms with Gasteiger partial charge in [-0.2, -0.15) is 0 Å². The monoisotopic (exact) mass is 154 g/mol. The van der Waals surface area contributed by atoms with Gasteiger partial charge in [-0.15, -0.1) is 0 Å². The van der Waals surface area contributed by atoms with E-state index in [1.54, 1.807) is 12.1 Å². The molecule has 0 saturated heterocycles. The fourth-order valence-corrected chi connectivity index (χ4v) is 0.464. The highest BCUT2D eigenvalue weighted by Crippen LogP contribution is 2.21. The zero-order valence-electron chi connectivity index (χ0n) is 6.19. The average molecular weight is 154 g/mol. The minimum absolute atomic E-state index is 0.0764. The number of rotatable bonds is 0. The Labute approximate surface area is 64.9 Å². The van der Waals surface area contributed by atoms with E-state index >= 15 is 0 Å². The number of benzene rings is 1. The molecule has 0 aliphatic heterocycles. The summed E-state index contributed by atoms with van der Waals surface area (Å²) in [5.74, 6) is -0.153. The van der Waals surface area contributed by atoms with Gasteiger partial charge in [0.05, 0.1) is 0 Å². The fraction of sp³-hybridized carbons (Fsp3) is 0.125. The van der Waals surface area contributed by atoms with Crippen LogP contribution in [0.4, 0.5) is 0 Å². The zero-order valence-corrected chi connectivity index (χ0v) is 6.19. The first kappa shape index (κ1) is 9.49. The van der Waals surface area contributed by atoms with Crippen LogP contribution in [-0.4, -0.2) is 16.5 Å². The Hall–Kier alpha value is -1.51. The highest BCUT2D eigenvalue weighted by Gasteiger charge is 1.90. The molecule has 3 heteroatoms. The van der Waals surface area contributed by atoms with Crippen LogP contribution in [0.2, 0.25) is 0 Å². The van der Waals surface area contributed by atoms with E-state index < -0.39 is 0 Å². The second kappa shape index (κ2) is 5.29. The molecule has 0 aromatic heterocycles. The maximum Gasteiger partial charge on any atom is 0.157 e.